The molecule has 0 amide bonds. The van der Waals surface area contributed by atoms with Gasteiger partial charge < -0.3 is 0 Å². The average Bonchev–Trinajstić information content (AvgIpc) is 2.79. The van der Waals surface area contributed by atoms with Crippen molar-refractivity contribution in [1.29, 1.82) is 0 Å². The molecule has 0 fully saturated rings. The van der Waals surface area contributed by atoms with E-state index in [1.807, 2.05) is 42.9 Å². The number of hydrogen-bond acceptors (Lipinski definition) is 3. The molecule has 0 aliphatic carbocycles. The van der Waals surface area contributed by atoms with Crippen LogP contribution in [0, 0.1) is 0 Å². The first-order valence-electron chi connectivity index (χ1n) is 6.58. The number of pyridine rings is 1. The molecule has 0 saturated carbocycles. The van der Waals surface area contributed by atoms with Gasteiger partial charge in [0.05, 0.1) is 27.7 Å². The Balaban J connectivity index is 0.000000351. The van der Waals surface area contributed by atoms with Gasteiger partial charge >= 0.3 is 38.9 Å². The summed E-state index contributed by atoms with van der Waals surface area (Å²) in [6, 6.07) is 3.86. The summed E-state index contributed by atoms with van der Waals surface area (Å²) in [4.78, 5) is 6.20. The predicted molar refractivity (Wildman–Crippen MR) is 79.7 cm³/mol. The molecule has 138 valence electrons. The van der Waals surface area contributed by atoms with Crippen molar-refractivity contribution in [2.45, 2.75) is 6.92 Å². The third kappa shape index (κ3) is 7.07. The van der Waals surface area contributed by atoms with Gasteiger partial charge in [0.2, 0.25) is 5.65 Å². The van der Waals surface area contributed by atoms with Crippen molar-refractivity contribution in [2.75, 3.05) is 27.7 Å². The molecule has 0 N–H and O–H groups in total. The van der Waals surface area contributed by atoms with Gasteiger partial charge in [0.25, 0.3) is 0 Å². The third-order valence-electron chi connectivity index (χ3n) is 2.63. The number of nitrogens with zero attached hydrogens (tertiary/aromatic N) is 6. The summed E-state index contributed by atoms with van der Waals surface area (Å²) in [5.41, 5.74) is 1.58. The number of hydrogen-bond donors (Lipinski definition) is 0. The molecule has 13 heteroatoms. The van der Waals surface area contributed by atoms with Crippen LogP contribution >= 0.6 is 7.81 Å². The van der Waals surface area contributed by atoms with Crippen LogP contribution in [0.2, 0.25) is 0 Å². The van der Waals surface area contributed by atoms with Crippen molar-refractivity contribution in [3.63, 3.8) is 0 Å². The Bertz CT molecular complexity index is 740. The molecule has 0 radical (unpaired) electrons. The van der Waals surface area contributed by atoms with Crippen LogP contribution in [0.5, 0.6) is 0 Å². The molecule has 0 bridgehead atoms. The van der Waals surface area contributed by atoms with Gasteiger partial charge in [-0.2, -0.15) is 0 Å². The SMILES string of the molecule is CC[N+](C)=C(N(C)C)n1nnc2ncccc21.F[P-](F)(F)(F)(F)F. The topological polar surface area (TPSA) is 49.9 Å². The Morgan fingerprint density at radius 3 is 2.21 bits per heavy atom. The molecule has 24 heavy (non-hydrogen) atoms. The Morgan fingerprint density at radius 2 is 1.75 bits per heavy atom. The van der Waals surface area contributed by atoms with Crippen molar-refractivity contribution in [1.82, 2.24) is 24.9 Å². The molecule has 2 aromatic rings. The van der Waals surface area contributed by atoms with Crippen LogP contribution in [0.4, 0.5) is 25.2 Å². The van der Waals surface area contributed by atoms with E-state index in [0.29, 0.717) is 5.65 Å². The molecule has 0 atom stereocenters. The van der Waals surface area contributed by atoms with Gasteiger partial charge in [-0.3, -0.25) is 9.48 Å². The summed E-state index contributed by atoms with van der Waals surface area (Å²) in [5, 5.41) is 8.24. The molecule has 0 aromatic carbocycles. The van der Waals surface area contributed by atoms with Gasteiger partial charge in [-0.1, -0.05) is 9.78 Å². The fourth-order valence-electron chi connectivity index (χ4n) is 1.75. The van der Waals surface area contributed by atoms with Gasteiger partial charge in [-0.05, 0) is 19.1 Å². The Hall–Kier alpha value is -1.97. The molecule has 2 aromatic heterocycles. The summed E-state index contributed by atoms with van der Waals surface area (Å²) in [7, 11) is -4.65. The maximum atomic E-state index is 9.87. The van der Waals surface area contributed by atoms with E-state index in [9.17, 15) is 25.2 Å². The second kappa shape index (κ2) is 5.83. The van der Waals surface area contributed by atoms with E-state index in [0.717, 1.165) is 18.0 Å². The van der Waals surface area contributed by atoms with Gasteiger partial charge in [0.15, 0.2) is 5.52 Å². The number of aromatic nitrogens is 4. The standard InChI is InChI=1S/C11H17N6.F6P/c1-5-16(4)11(15(2)3)17-9-7-6-8-12-10(9)13-14-17;1-7(2,3,4,5)6/h6-8H,5H2,1-4H3;/q+1;-1. The minimum absolute atomic E-state index is 0.663. The quantitative estimate of drug-likeness (QED) is 0.250. The number of halogens is 6. The van der Waals surface area contributed by atoms with Crippen LogP contribution < -0.4 is 0 Å². The van der Waals surface area contributed by atoms with Crippen molar-refractivity contribution < 1.29 is 29.8 Å². The van der Waals surface area contributed by atoms with E-state index in [1.54, 1.807) is 6.20 Å². The number of rotatable bonds is 1. The molecule has 2 heterocycles. The summed E-state index contributed by atoms with van der Waals surface area (Å²) in [5.74, 6) is 0.975. The second-order valence-corrected chi connectivity index (χ2v) is 6.93. The summed E-state index contributed by atoms with van der Waals surface area (Å²) in [6.07, 6.45) is 1.72. The van der Waals surface area contributed by atoms with Crippen LogP contribution in [-0.2, 0) is 0 Å². The van der Waals surface area contributed by atoms with Crippen LogP contribution in [-0.4, -0.2) is 63.1 Å². The van der Waals surface area contributed by atoms with Crippen LogP contribution in [0.15, 0.2) is 18.3 Å². The summed E-state index contributed by atoms with van der Waals surface area (Å²) >= 11 is 0. The first kappa shape index (κ1) is 20.1. The fraction of sp³-hybridized carbons (Fsp3) is 0.455. The zero-order valence-electron chi connectivity index (χ0n) is 13.3. The molecule has 0 unspecified atom stereocenters. The molecule has 0 saturated heterocycles. The molecule has 0 aliphatic heterocycles. The predicted octanol–water partition coefficient (Wildman–Crippen LogP) is 3.64. The summed E-state index contributed by atoms with van der Waals surface area (Å²) in [6.45, 7) is 3.00. The van der Waals surface area contributed by atoms with Gasteiger partial charge in [0, 0.05) is 11.4 Å². The Morgan fingerprint density at radius 1 is 1.21 bits per heavy atom. The van der Waals surface area contributed by atoms with Crippen LogP contribution in [0.3, 0.4) is 0 Å². The van der Waals surface area contributed by atoms with Crippen LogP contribution in [0.1, 0.15) is 6.92 Å². The van der Waals surface area contributed by atoms with E-state index >= 15 is 0 Å². The van der Waals surface area contributed by atoms with E-state index in [4.69, 9.17) is 0 Å². The molecular weight excluding hydrogens is 361 g/mol. The van der Waals surface area contributed by atoms with E-state index in [1.165, 1.54) is 0 Å². The van der Waals surface area contributed by atoms with E-state index < -0.39 is 7.81 Å². The fourth-order valence-corrected chi connectivity index (χ4v) is 1.75. The van der Waals surface area contributed by atoms with Gasteiger partial charge in [-0.15, -0.1) is 0 Å². The van der Waals surface area contributed by atoms with E-state index in [2.05, 4.69) is 26.8 Å². The van der Waals surface area contributed by atoms with Gasteiger partial charge in [0.1, 0.15) is 0 Å². The molecule has 2 rings (SSSR count). The normalized spacial score (nSPS) is 15.8. The zero-order valence-corrected chi connectivity index (χ0v) is 14.2. The monoisotopic (exact) mass is 378 g/mol. The molecular formula is C11H17F6N6P. The Labute approximate surface area is 133 Å². The minimum atomic E-state index is -10.7. The first-order chi connectivity index (χ1) is 10.6. The van der Waals surface area contributed by atoms with Crippen molar-refractivity contribution in [2.24, 2.45) is 0 Å². The Kier molecular flexibility index (Phi) is 4.88. The van der Waals surface area contributed by atoms with E-state index in [-0.39, 0.29) is 0 Å². The molecule has 6 nitrogen and oxygen atoms in total. The maximum absolute atomic E-state index is 10.7. The second-order valence-electron chi connectivity index (χ2n) is 5.01. The number of fused-ring (bicyclic) bond motifs is 1. The third-order valence-corrected chi connectivity index (χ3v) is 2.63. The molecule has 0 spiro atoms. The van der Waals surface area contributed by atoms with Crippen molar-refractivity contribution in [3.05, 3.63) is 18.3 Å². The van der Waals surface area contributed by atoms with Crippen LogP contribution in [0.25, 0.3) is 11.2 Å². The molecule has 0 aliphatic rings. The summed E-state index contributed by atoms with van der Waals surface area (Å²) < 4.78 is 63.1. The average molecular weight is 378 g/mol. The van der Waals surface area contributed by atoms with Crippen molar-refractivity contribution >= 4 is 24.9 Å². The van der Waals surface area contributed by atoms with Crippen molar-refractivity contribution in [3.8, 4) is 0 Å². The first-order valence-corrected chi connectivity index (χ1v) is 8.61. The zero-order chi connectivity index (χ0) is 18.8. The van der Waals surface area contributed by atoms with Gasteiger partial charge in [-0.25, -0.2) is 4.98 Å².